The maximum absolute atomic E-state index is 10.2. The summed E-state index contributed by atoms with van der Waals surface area (Å²) in [5.41, 5.74) is 0. The lowest BCUT2D eigenvalue weighted by atomic mass is 10.1. The van der Waals surface area contributed by atoms with Crippen LogP contribution in [0.4, 0.5) is 0 Å². The Balaban J connectivity index is 3.38. The molecule has 0 aliphatic carbocycles. The van der Waals surface area contributed by atoms with E-state index in [9.17, 15) is 9.59 Å². The number of carbonyl (C=O) groups is 1. The molecule has 0 aromatic carbocycles. The third-order valence-corrected chi connectivity index (χ3v) is 0.795. The molecule has 1 radical (unpaired) electrons. The Morgan fingerprint density at radius 2 is 2.25 bits per heavy atom. The molecule has 45 valence electrons. The van der Waals surface area contributed by atoms with Crippen LogP contribution < -0.4 is 0 Å². The first-order valence-electron chi connectivity index (χ1n) is 2.54. The van der Waals surface area contributed by atoms with Crippen LogP contribution in [-0.2, 0) is 9.59 Å². The molecule has 1 unspecified atom stereocenters. The number of ketones is 1. The van der Waals surface area contributed by atoms with Gasteiger partial charge in [-0.2, -0.15) is 0 Å². The van der Waals surface area contributed by atoms with Crippen molar-refractivity contribution in [3.63, 3.8) is 0 Å². The molecule has 0 heterocycles. The Morgan fingerprint density at radius 3 is 2.38 bits per heavy atom. The fraction of sp³-hybridized carbons (Fsp3) is 0.667. The van der Waals surface area contributed by atoms with Gasteiger partial charge in [0.05, 0.1) is 0 Å². The highest BCUT2D eigenvalue weighted by atomic mass is 16.1. The van der Waals surface area contributed by atoms with Gasteiger partial charge >= 0.3 is 0 Å². The van der Waals surface area contributed by atoms with Gasteiger partial charge in [0.1, 0.15) is 5.78 Å². The van der Waals surface area contributed by atoms with Crippen molar-refractivity contribution >= 4 is 12.1 Å². The van der Waals surface area contributed by atoms with Crippen molar-refractivity contribution in [3.8, 4) is 0 Å². The molecule has 0 N–H and O–H groups in total. The summed E-state index contributed by atoms with van der Waals surface area (Å²) in [6, 6.07) is 0. The van der Waals surface area contributed by atoms with Crippen LogP contribution >= 0.6 is 0 Å². The predicted molar refractivity (Wildman–Crippen MR) is 30.2 cm³/mol. The van der Waals surface area contributed by atoms with Crippen LogP contribution in [0.5, 0.6) is 0 Å². The molecule has 0 aliphatic rings. The van der Waals surface area contributed by atoms with E-state index in [1.807, 2.05) is 0 Å². The molecule has 0 spiro atoms. The molecule has 2 heteroatoms. The highest BCUT2D eigenvalue weighted by Crippen LogP contribution is 1.96. The molecule has 8 heavy (non-hydrogen) atoms. The second kappa shape index (κ2) is 3.36. The molecule has 1 atom stereocenters. The molecular formula is C6H9O2. The average molecular weight is 113 g/mol. The van der Waals surface area contributed by atoms with Gasteiger partial charge in [0.25, 0.3) is 0 Å². The summed E-state index contributed by atoms with van der Waals surface area (Å²) in [6.07, 6.45) is 2.05. The highest BCUT2D eigenvalue weighted by Gasteiger charge is 2.02. The van der Waals surface area contributed by atoms with Gasteiger partial charge in [-0.15, -0.1) is 0 Å². The molecule has 0 aromatic rings. The van der Waals surface area contributed by atoms with E-state index in [-0.39, 0.29) is 11.7 Å². The largest absolute Gasteiger partial charge is 0.300 e. The Hall–Kier alpha value is -0.660. The van der Waals surface area contributed by atoms with E-state index >= 15 is 0 Å². The lowest BCUT2D eigenvalue weighted by Gasteiger charge is -1.93. The first kappa shape index (κ1) is 7.34. The molecule has 0 aromatic heterocycles. The maximum Gasteiger partial charge on any atom is 0.201 e. The standard InChI is InChI=1S/C6H9O2/c1-5(4-7)3-6(2)8/h5H,3H2,1-2H3. The number of hydrogen-bond acceptors (Lipinski definition) is 2. The van der Waals surface area contributed by atoms with Crippen LogP contribution in [-0.4, -0.2) is 12.1 Å². The van der Waals surface area contributed by atoms with Crippen molar-refractivity contribution in [1.82, 2.24) is 0 Å². The summed E-state index contributed by atoms with van der Waals surface area (Å²) >= 11 is 0. The Labute approximate surface area is 48.9 Å². The van der Waals surface area contributed by atoms with Crippen molar-refractivity contribution in [1.29, 1.82) is 0 Å². The number of hydrogen-bond donors (Lipinski definition) is 0. The van der Waals surface area contributed by atoms with Crippen LogP contribution in [0.2, 0.25) is 0 Å². The van der Waals surface area contributed by atoms with E-state index in [0.29, 0.717) is 6.42 Å². The fourth-order valence-corrected chi connectivity index (χ4v) is 0.473. The van der Waals surface area contributed by atoms with Crippen LogP contribution in [0.1, 0.15) is 20.3 Å². The summed E-state index contributed by atoms with van der Waals surface area (Å²) in [5, 5.41) is 0. The molecule has 0 saturated heterocycles. The summed E-state index contributed by atoms with van der Waals surface area (Å²) < 4.78 is 0. The SMILES string of the molecule is CC(=O)CC(C)[C]=O. The lowest BCUT2D eigenvalue weighted by molar-refractivity contribution is -0.117. The Bertz CT molecular complexity index is 96.7. The third kappa shape index (κ3) is 3.53. The molecule has 0 amide bonds. The monoisotopic (exact) mass is 113 g/mol. The Morgan fingerprint density at radius 1 is 1.75 bits per heavy atom. The van der Waals surface area contributed by atoms with Crippen molar-refractivity contribution in [3.05, 3.63) is 0 Å². The second-order valence-corrected chi connectivity index (χ2v) is 1.93. The van der Waals surface area contributed by atoms with Gasteiger partial charge in [0.2, 0.25) is 6.29 Å². The summed E-state index contributed by atoms with van der Waals surface area (Å²) in [6.45, 7) is 3.14. The highest BCUT2D eigenvalue weighted by molar-refractivity contribution is 5.78. The minimum absolute atomic E-state index is 0.0425. The van der Waals surface area contributed by atoms with Gasteiger partial charge in [0.15, 0.2) is 0 Å². The predicted octanol–water partition coefficient (Wildman–Crippen LogP) is 0.711. The van der Waals surface area contributed by atoms with E-state index in [2.05, 4.69) is 0 Å². The maximum atomic E-state index is 10.2. The molecule has 0 fully saturated rings. The number of rotatable bonds is 3. The first-order valence-corrected chi connectivity index (χ1v) is 2.54. The fourth-order valence-electron chi connectivity index (χ4n) is 0.473. The molecular weight excluding hydrogens is 104 g/mol. The smallest absolute Gasteiger partial charge is 0.201 e. The van der Waals surface area contributed by atoms with Crippen molar-refractivity contribution in [2.75, 3.05) is 0 Å². The van der Waals surface area contributed by atoms with E-state index < -0.39 is 0 Å². The Kier molecular flexibility index (Phi) is 3.08. The van der Waals surface area contributed by atoms with Gasteiger partial charge < -0.3 is 4.79 Å². The molecule has 0 bridgehead atoms. The summed E-state index contributed by atoms with van der Waals surface area (Å²) in [4.78, 5) is 20.0. The van der Waals surface area contributed by atoms with E-state index in [1.54, 1.807) is 13.2 Å². The van der Waals surface area contributed by atoms with Gasteiger partial charge in [-0.25, -0.2) is 0 Å². The van der Waals surface area contributed by atoms with E-state index in [0.717, 1.165) is 0 Å². The number of Topliss-reactive ketones (excluding diaryl/α,β-unsaturated/α-hetero) is 1. The first-order chi connectivity index (χ1) is 3.66. The zero-order valence-electron chi connectivity index (χ0n) is 5.10. The zero-order valence-corrected chi connectivity index (χ0v) is 5.10. The summed E-state index contributed by atoms with van der Waals surface area (Å²) in [5.74, 6) is -0.187. The lowest BCUT2D eigenvalue weighted by Crippen LogP contribution is -2.01. The molecule has 2 nitrogen and oxygen atoms in total. The minimum Gasteiger partial charge on any atom is -0.300 e. The number of carbonyl (C=O) groups excluding carboxylic acids is 2. The second-order valence-electron chi connectivity index (χ2n) is 1.93. The zero-order chi connectivity index (χ0) is 6.57. The van der Waals surface area contributed by atoms with Gasteiger partial charge in [-0.1, -0.05) is 6.92 Å². The van der Waals surface area contributed by atoms with Gasteiger partial charge in [-0.05, 0) is 6.92 Å². The molecule has 0 aliphatic heterocycles. The average Bonchev–Trinajstić information content (AvgIpc) is 1.65. The minimum atomic E-state index is -0.229. The normalized spacial score (nSPS) is 12.8. The van der Waals surface area contributed by atoms with Gasteiger partial charge in [-0.3, -0.25) is 4.79 Å². The molecule has 0 saturated carbocycles. The molecule has 0 rings (SSSR count). The van der Waals surface area contributed by atoms with Crippen LogP contribution in [0.25, 0.3) is 0 Å². The van der Waals surface area contributed by atoms with E-state index in [4.69, 9.17) is 0 Å². The third-order valence-electron chi connectivity index (χ3n) is 0.795. The van der Waals surface area contributed by atoms with Gasteiger partial charge in [0, 0.05) is 12.3 Å². The van der Waals surface area contributed by atoms with Crippen LogP contribution in [0.3, 0.4) is 0 Å². The summed E-state index contributed by atoms with van der Waals surface area (Å²) in [7, 11) is 0. The van der Waals surface area contributed by atoms with Crippen LogP contribution in [0.15, 0.2) is 0 Å². The topological polar surface area (TPSA) is 34.1 Å². The van der Waals surface area contributed by atoms with E-state index in [1.165, 1.54) is 6.92 Å². The quantitative estimate of drug-likeness (QED) is 0.540. The van der Waals surface area contributed by atoms with Crippen molar-refractivity contribution < 1.29 is 9.59 Å². The van der Waals surface area contributed by atoms with Crippen LogP contribution in [0, 0.1) is 5.92 Å². The van der Waals surface area contributed by atoms with Crippen molar-refractivity contribution in [2.45, 2.75) is 20.3 Å². The van der Waals surface area contributed by atoms with Crippen molar-refractivity contribution in [2.24, 2.45) is 5.92 Å².